The number of carbonyl (C=O) groups excluding carboxylic acids is 2. The first-order chi connectivity index (χ1) is 20.8. The number of unbranched alkanes of at least 4 members (excludes halogenated alkanes) is 6. The second-order valence-electron chi connectivity index (χ2n) is 10.3. The van der Waals surface area contributed by atoms with Gasteiger partial charge in [-0.3, -0.25) is 0 Å². The van der Waals surface area contributed by atoms with Crippen molar-refractivity contribution in [2.24, 2.45) is 0 Å². The highest BCUT2D eigenvalue weighted by atomic mass is 19.2. The zero-order valence-corrected chi connectivity index (χ0v) is 23.6. The Bertz CT molecular complexity index is 1400. The molecule has 4 aromatic carbocycles. The lowest BCUT2D eigenvalue weighted by atomic mass is 10.0. The predicted octanol–water partition coefficient (Wildman–Crippen LogP) is 9.20. The average molecular weight is 593 g/mol. The number of ether oxygens (including phenoxy) is 2. The quantitative estimate of drug-likeness (QED) is 0.0634. The molecule has 0 fully saturated rings. The Balaban J connectivity index is 1.05. The fourth-order valence-electron chi connectivity index (χ4n) is 4.57. The summed E-state index contributed by atoms with van der Waals surface area (Å²) < 4.78 is 62.9. The lowest BCUT2D eigenvalue weighted by Crippen LogP contribution is -2.08. The van der Waals surface area contributed by atoms with Gasteiger partial charge in [-0.15, -0.1) is 0 Å². The summed E-state index contributed by atoms with van der Waals surface area (Å²) in [5.74, 6) is -5.50. The zero-order valence-electron chi connectivity index (χ0n) is 23.6. The minimum absolute atomic E-state index is 0.0494. The van der Waals surface area contributed by atoms with E-state index in [9.17, 15) is 27.2 Å². The van der Waals surface area contributed by atoms with Crippen LogP contribution in [0.25, 0.3) is 0 Å². The predicted molar refractivity (Wildman–Crippen MR) is 155 cm³/mol. The SMILES string of the molecule is O=C(Oc1ccc(F)c(F)c1)c1ccc(CCCCCCCCCc2ccc(C(=O)Oc3ccc(F)c(F)c3)cc2)cc1. The summed E-state index contributed by atoms with van der Waals surface area (Å²) in [6.07, 6.45) is 9.58. The molecule has 4 nitrogen and oxygen atoms in total. The van der Waals surface area contributed by atoms with E-state index in [1.165, 1.54) is 12.1 Å². The highest BCUT2D eigenvalue weighted by Gasteiger charge is 2.12. The van der Waals surface area contributed by atoms with Crippen molar-refractivity contribution >= 4 is 11.9 Å². The van der Waals surface area contributed by atoms with Crippen molar-refractivity contribution in [2.45, 2.75) is 57.8 Å². The second kappa shape index (κ2) is 15.7. The molecule has 0 amide bonds. The van der Waals surface area contributed by atoms with Crippen LogP contribution in [0.3, 0.4) is 0 Å². The Labute approximate surface area is 248 Å². The Morgan fingerprint density at radius 2 is 0.791 bits per heavy atom. The molecule has 4 rings (SSSR count). The summed E-state index contributed by atoms with van der Waals surface area (Å²) in [7, 11) is 0. The molecule has 0 heterocycles. The van der Waals surface area contributed by atoms with Gasteiger partial charge in [-0.05, 0) is 85.3 Å². The second-order valence-corrected chi connectivity index (χ2v) is 10.3. The third kappa shape index (κ3) is 9.81. The smallest absolute Gasteiger partial charge is 0.343 e. The van der Waals surface area contributed by atoms with Gasteiger partial charge in [0.15, 0.2) is 23.3 Å². The van der Waals surface area contributed by atoms with Crippen LogP contribution in [0.4, 0.5) is 17.6 Å². The van der Waals surface area contributed by atoms with Crippen LogP contribution < -0.4 is 9.47 Å². The molecular formula is C35H32F4O4. The largest absolute Gasteiger partial charge is 0.423 e. The first-order valence-electron chi connectivity index (χ1n) is 14.3. The van der Waals surface area contributed by atoms with Crippen molar-refractivity contribution in [2.75, 3.05) is 0 Å². The maximum Gasteiger partial charge on any atom is 0.343 e. The standard InChI is InChI=1S/C35H32F4O4/c36-30-20-18-28(22-32(30)38)42-34(40)26-14-10-24(11-15-26)8-6-4-2-1-3-5-7-9-25-12-16-27(17-13-25)35(41)43-29-19-21-31(37)33(39)23-29/h10-23H,1-9H2. The van der Waals surface area contributed by atoms with Gasteiger partial charge in [-0.2, -0.15) is 0 Å². The summed E-state index contributed by atoms with van der Waals surface area (Å²) in [4.78, 5) is 24.5. The number of hydrogen-bond donors (Lipinski definition) is 0. The summed E-state index contributed by atoms with van der Waals surface area (Å²) in [6, 6.07) is 20.1. The van der Waals surface area contributed by atoms with Crippen LogP contribution in [0, 0.1) is 23.3 Å². The van der Waals surface area contributed by atoms with Crippen LogP contribution in [-0.2, 0) is 12.8 Å². The van der Waals surface area contributed by atoms with Crippen molar-refractivity contribution in [3.8, 4) is 11.5 Å². The van der Waals surface area contributed by atoms with Gasteiger partial charge in [0.2, 0.25) is 0 Å². The molecule has 0 radical (unpaired) electrons. The lowest BCUT2D eigenvalue weighted by Gasteiger charge is -2.07. The molecule has 8 heteroatoms. The molecule has 0 saturated carbocycles. The first-order valence-corrected chi connectivity index (χ1v) is 14.3. The van der Waals surface area contributed by atoms with E-state index < -0.39 is 35.2 Å². The Morgan fingerprint density at radius 1 is 0.442 bits per heavy atom. The molecule has 0 unspecified atom stereocenters. The van der Waals surface area contributed by atoms with E-state index in [1.807, 2.05) is 24.3 Å². The zero-order chi connectivity index (χ0) is 30.6. The number of rotatable bonds is 14. The molecule has 0 N–H and O–H groups in total. The van der Waals surface area contributed by atoms with E-state index in [4.69, 9.17) is 9.47 Å². The first kappa shape index (κ1) is 31.5. The van der Waals surface area contributed by atoms with Gasteiger partial charge >= 0.3 is 11.9 Å². The van der Waals surface area contributed by atoms with Gasteiger partial charge in [-0.1, -0.05) is 56.4 Å². The molecule has 0 bridgehead atoms. The van der Waals surface area contributed by atoms with Gasteiger partial charge in [-0.25, -0.2) is 27.2 Å². The van der Waals surface area contributed by atoms with E-state index in [1.54, 1.807) is 24.3 Å². The molecule has 4 aromatic rings. The maximum absolute atomic E-state index is 13.3. The van der Waals surface area contributed by atoms with Gasteiger partial charge in [0, 0.05) is 12.1 Å². The molecule has 0 aromatic heterocycles. The van der Waals surface area contributed by atoms with Crippen LogP contribution in [-0.4, -0.2) is 11.9 Å². The summed E-state index contributed by atoms with van der Waals surface area (Å²) in [5, 5.41) is 0. The Kier molecular flexibility index (Phi) is 11.5. The fourth-order valence-corrected chi connectivity index (χ4v) is 4.57. The van der Waals surface area contributed by atoms with Crippen LogP contribution in [0.5, 0.6) is 11.5 Å². The van der Waals surface area contributed by atoms with Gasteiger partial charge in [0.1, 0.15) is 11.5 Å². The fraction of sp³-hybridized carbons (Fsp3) is 0.257. The number of halogens is 4. The molecule has 0 aliphatic rings. The molecule has 0 aliphatic carbocycles. The van der Waals surface area contributed by atoms with Crippen LogP contribution in [0.15, 0.2) is 84.9 Å². The molecule has 43 heavy (non-hydrogen) atoms. The minimum atomic E-state index is -1.07. The van der Waals surface area contributed by atoms with E-state index >= 15 is 0 Å². The monoisotopic (exact) mass is 592 g/mol. The summed E-state index contributed by atoms with van der Waals surface area (Å²) >= 11 is 0. The van der Waals surface area contributed by atoms with Crippen molar-refractivity contribution in [1.29, 1.82) is 0 Å². The number of esters is 2. The van der Waals surface area contributed by atoms with E-state index in [-0.39, 0.29) is 11.5 Å². The number of aryl methyl sites for hydroxylation is 2. The molecule has 224 valence electrons. The molecule has 0 aliphatic heterocycles. The Morgan fingerprint density at radius 3 is 1.14 bits per heavy atom. The van der Waals surface area contributed by atoms with Crippen molar-refractivity contribution in [3.63, 3.8) is 0 Å². The van der Waals surface area contributed by atoms with E-state index in [0.717, 1.165) is 93.2 Å². The maximum atomic E-state index is 13.3. The topological polar surface area (TPSA) is 52.6 Å². The van der Waals surface area contributed by atoms with E-state index in [2.05, 4.69) is 0 Å². The third-order valence-electron chi connectivity index (χ3n) is 7.01. The van der Waals surface area contributed by atoms with Crippen molar-refractivity contribution < 1.29 is 36.6 Å². The third-order valence-corrected chi connectivity index (χ3v) is 7.01. The molecule has 0 atom stereocenters. The number of benzene rings is 4. The van der Waals surface area contributed by atoms with Gasteiger partial charge < -0.3 is 9.47 Å². The van der Waals surface area contributed by atoms with Gasteiger partial charge in [0.25, 0.3) is 0 Å². The molecule has 0 spiro atoms. The molecule has 0 saturated heterocycles. The normalized spacial score (nSPS) is 10.9. The van der Waals surface area contributed by atoms with Gasteiger partial charge in [0.05, 0.1) is 11.1 Å². The minimum Gasteiger partial charge on any atom is -0.423 e. The van der Waals surface area contributed by atoms with Crippen LogP contribution in [0.1, 0.15) is 76.8 Å². The summed E-state index contributed by atoms with van der Waals surface area (Å²) in [6.45, 7) is 0. The number of hydrogen-bond acceptors (Lipinski definition) is 4. The highest BCUT2D eigenvalue weighted by molar-refractivity contribution is 5.91. The van der Waals surface area contributed by atoms with Crippen molar-refractivity contribution in [3.05, 3.63) is 130 Å². The average Bonchev–Trinajstić information content (AvgIpc) is 3.00. The van der Waals surface area contributed by atoms with Crippen LogP contribution in [0.2, 0.25) is 0 Å². The lowest BCUT2D eigenvalue weighted by molar-refractivity contribution is 0.0724. The Hall–Kier alpha value is -4.46. The summed E-state index contributed by atoms with van der Waals surface area (Å²) in [5.41, 5.74) is 2.92. The highest BCUT2D eigenvalue weighted by Crippen LogP contribution is 2.20. The van der Waals surface area contributed by atoms with Crippen molar-refractivity contribution in [1.82, 2.24) is 0 Å². The van der Waals surface area contributed by atoms with Crippen LogP contribution >= 0.6 is 0 Å². The van der Waals surface area contributed by atoms with E-state index in [0.29, 0.717) is 11.1 Å². The number of carbonyl (C=O) groups is 2. The molecular weight excluding hydrogens is 560 g/mol.